The molecule has 0 aliphatic heterocycles. The predicted octanol–water partition coefficient (Wildman–Crippen LogP) is 3.17. The fraction of sp³-hybridized carbons (Fsp3) is 0.235. The van der Waals surface area contributed by atoms with Crippen LogP contribution in [-0.4, -0.2) is 24.1 Å². The van der Waals surface area contributed by atoms with Gasteiger partial charge in [0, 0.05) is 18.3 Å². The second-order valence-corrected chi connectivity index (χ2v) is 4.83. The van der Waals surface area contributed by atoms with E-state index in [1.54, 1.807) is 17.0 Å². The Morgan fingerprint density at radius 2 is 1.90 bits per heavy atom. The lowest BCUT2D eigenvalue weighted by atomic mass is 10.1. The van der Waals surface area contributed by atoms with Gasteiger partial charge in [-0.2, -0.15) is 0 Å². The molecule has 0 fully saturated rings. The largest absolute Gasteiger partial charge is 0.508 e. The SMILES string of the molecule is CCN(C(=O)CNc1ccccc1)c1cc(O)ccc1C. The summed E-state index contributed by atoms with van der Waals surface area (Å²) >= 11 is 0. The number of hydrogen-bond donors (Lipinski definition) is 2. The van der Waals surface area contributed by atoms with E-state index < -0.39 is 0 Å². The molecule has 0 aliphatic rings. The molecule has 0 bridgehead atoms. The summed E-state index contributed by atoms with van der Waals surface area (Å²) in [6.07, 6.45) is 0. The fourth-order valence-corrected chi connectivity index (χ4v) is 2.20. The molecule has 0 atom stereocenters. The van der Waals surface area contributed by atoms with Gasteiger partial charge < -0.3 is 15.3 Å². The van der Waals surface area contributed by atoms with Gasteiger partial charge in [0.2, 0.25) is 5.91 Å². The van der Waals surface area contributed by atoms with E-state index in [0.717, 1.165) is 16.9 Å². The number of phenols is 1. The van der Waals surface area contributed by atoms with E-state index in [-0.39, 0.29) is 18.2 Å². The number of carbonyl (C=O) groups excluding carboxylic acids is 1. The normalized spacial score (nSPS) is 10.2. The summed E-state index contributed by atoms with van der Waals surface area (Å²) in [7, 11) is 0. The van der Waals surface area contributed by atoms with Crippen LogP contribution in [0.1, 0.15) is 12.5 Å². The van der Waals surface area contributed by atoms with E-state index in [9.17, 15) is 9.90 Å². The third-order valence-corrected chi connectivity index (χ3v) is 3.32. The van der Waals surface area contributed by atoms with Crippen LogP contribution in [0.25, 0.3) is 0 Å². The number of amides is 1. The number of likely N-dealkylation sites (N-methyl/N-ethyl adjacent to an activating group) is 1. The first kappa shape index (κ1) is 14.9. The molecular weight excluding hydrogens is 264 g/mol. The van der Waals surface area contributed by atoms with Crippen LogP contribution in [0.4, 0.5) is 11.4 Å². The van der Waals surface area contributed by atoms with Crippen LogP contribution in [0, 0.1) is 6.92 Å². The van der Waals surface area contributed by atoms with Crippen molar-refractivity contribution in [2.45, 2.75) is 13.8 Å². The number of hydrogen-bond acceptors (Lipinski definition) is 3. The highest BCUT2D eigenvalue weighted by atomic mass is 16.3. The third-order valence-electron chi connectivity index (χ3n) is 3.32. The summed E-state index contributed by atoms with van der Waals surface area (Å²) in [5.74, 6) is 0.132. The molecule has 0 aliphatic carbocycles. The molecule has 4 heteroatoms. The minimum atomic E-state index is -0.0324. The summed E-state index contributed by atoms with van der Waals surface area (Å²) in [4.78, 5) is 14.1. The van der Waals surface area contributed by atoms with Gasteiger partial charge in [-0.25, -0.2) is 0 Å². The van der Waals surface area contributed by atoms with Crippen LogP contribution < -0.4 is 10.2 Å². The number of nitrogens with one attached hydrogen (secondary N) is 1. The van der Waals surface area contributed by atoms with E-state index in [0.29, 0.717) is 6.54 Å². The molecule has 110 valence electrons. The summed E-state index contributed by atoms with van der Waals surface area (Å²) in [5.41, 5.74) is 2.62. The number of aromatic hydroxyl groups is 1. The second kappa shape index (κ2) is 6.79. The van der Waals surface area contributed by atoms with Crippen LogP contribution in [0.2, 0.25) is 0 Å². The van der Waals surface area contributed by atoms with Crippen molar-refractivity contribution < 1.29 is 9.90 Å². The topological polar surface area (TPSA) is 52.6 Å². The van der Waals surface area contributed by atoms with Crippen molar-refractivity contribution in [3.8, 4) is 5.75 Å². The first-order valence-corrected chi connectivity index (χ1v) is 7.00. The average Bonchev–Trinajstić information content (AvgIpc) is 2.50. The van der Waals surface area contributed by atoms with Gasteiger partial charge >= 0.3 is 0 Å². The minimum Gasteiger partial charge on any atom is -0.508 e. The number of para-hydroxylation sites is 1. The van der Waals surface area contributed by atoms with Crippen molar-refractivity contribution in [3.63, 3.8) is 0 Å². The molecule has 0 aromatic heterocycles. The van der Waals surface area contributed by atoms with Crippen LogP contribution >= 0.6 is 0 Å². The Morgan fingerprint density at radius 1 is 1.19 bits per heavy atom. The standard InChI is InChI=1S/C17H20N2O2/c1-3-19(16-11-15(20)10-9-13(16)2)17(21)12-18-14-7-5-4-6-8-14/h4-11,18,20H,3,12H2,1-2H3. The van der Waals surface area contributed by atoms with E-state index in [1.165, 1.54) is 0 Å². The second-order valence-electron chi connectivity index (χ2n) is 4.83. The third kappa shape index (κ3) is 3.75. The zero-order valence-corrected chi connectivity index (χ0v) is 12.3. The molecule has 2 aromatic carbocycles. The Bertz CT molecular complexity index is 611. The summed E-state index contributed by atoms with van der Waals surface area (Å²) < 4.78 is 0. The quantitative estimate of drug-likeness (QED) is 0.886. The van der Waals surface area contributed by atoms with Crippen LogP contribution in [0.5, 0.6) is 5.75 Å². The van der Waals surface area contributed by atoms with Crippen molar-refractivity contribution in [2.24, 2.45) is 0 Å². The molecule has 0 saturated carbocycles. The number of rotatable bonds is 5. The van der Waals surface area contributed by atoms with E-state index in [4.69, 9.17) is 0 Å². The number of nitrogens with zero attached hydrogens (tertiary/aromatic N) is 1. The maximum absolute atomic E-state index is 12.4. The van der Waals surface area contributed by atoms with Crippen molar-refractivity contribution in [2.75, 3.05) is 23.3 Å². The Labute approximate surface area is 125 Å². The number of phenolic OH excluding ortho intramolecular Hbond substituents is 1. The smallest absolute Gasteiger partial charge is 0.246 e. The summed E-state index contributed by atoms with van der Waals surface area (Å²) in [6.45, 7) is 4.62. The average molecular weight is 284 g/mol. The molecule has 1 amide bonds. The van der Waals surface area contributed by atoms with E-state index in [1.807, 2.05) is 50.2 Å². The Hall–Kier alpha value is -2.49. The Balaban J connectivity index is 2.10. The highest BCUT2D eigenvalue weighted by Gasteiger charge is 2.16. The Kier molecular flexibility index (Phi) is 4.82. The highest BCUT2D eigenvalue weighted by Crippen LogP contribution is 2.25. The summed E-state index contributed by atoms with van der Waals surface area (Å²) in [5, 5.41) is 12.7. The number of anilines is 2. The van der Waals surface area contributed by atoms with Crippen molar-refractivity contribution >= 4 is 17.3 Å². The zero-order valence-electron chi connectivity index (χ0n) is 12.3. The molecule has 0 radical (unpaired) electrons. The highest BCUT2D eigenvalue weighted by molar-refractivity contribution is 5.96. The van der Waals surface area contributed by atoms with Crippen LogP contribution in [-0.2, 0) is 4.79 Å². The molecule has 2 rings (SSSR count). The van der Waals surface area contributed by atoms with Gasteiger partial charge in [-0.1, -0.05) is 24.3 Å². The molecule has 0 heterocycles. The Morgan fingerprint density at radius 3 is 2.57 bits per heavy atom. The summed E-state index contributed by atoms with van der Waals surface area (Å²) in [6, 6.07) is 14.7. The maximum atomic E-state index is 12.4. The van der Waals surface area contributed by atoms with Gasteiger partial charge in [0.15, 0.2) is 0 Å². The molecule has 2 N–H and O–H groups in total. The van der Waals surface area contributed by atoms with Crippen LogP contribution in [0.15, 0.2) is 48.5 Å². The van der Waals surface area contributed by atoms with E-state index in [2.05, 4.69) is 5.32 Å². The van der Waals surface area contributed by atoms with Crippen molar-refractivity contribution in [1.29, 1.82) is 0 Å². The lowest BCUT2D eigenvalue weighted by Crippen LogP contribution is -2.35. The maximum Gasteiger partial charge on any atom is 0.246 e. The molecule has 2 aromatic rings. The van der Waals surface area contributed by atoms with Crippen LogP contribution in [0.3, 0.4) is 0 Å². The molecular formula is C17H20N2O2. The number of carbonyl (C=O) groups is 1. The van der Waals surface area contributed by atoms with Gasteiger partial charge in [-0.15, -0.1) is 0 Å². The van der Waals surface area contributed by atoms with Gasteiger partial charge in [-0.3, -0.25) is 4.79 Å². The molecule has 0 saturated heterocycles. The molecule has 4 nitrogen and oxygen atoms in total. The zero-order chi connectivity index (χ0) is 15.2. The fourth-order valence-electron chi connectivity index (χ4n) is 2.20. The number of benzene rings is 2. The van der Waals surface area contributed by atoms with Crippen molar-refractivity contribution in [1.82, 2.24) is 0 Å². The first-order valence-electron chi connectivity index (χ1n) is 7.00. The predicted molar refractivity (Wildman–Crippen MR) is 85.8 cm³/mol. The lowest BCUT2D eigenvalue weighted by molar-refractivity contribution is -0.116. The van der Waals surface area contributed by atoms with Gasteiger partial charge in [0.05, 0.1) is 12.2 Å². The molecule has 0 spiro atoms. The monoisotopic (exact) mass is 284 g/mol. The molecule has 0 unspecified atom stereocenters. The van der Waals surface area contributed by atoms with Gasteiger partial charge in [-0.05, 0) is 37.6 Å². The van der Waals surface area contributed by atoms with Gasteiger partial charge in [0.1, 0.15) is 5.75 Å². The minimum absolute atomic E-state index is 0.0324. The van der Waals surface area contributed by atoms with Crippen molar-refractivity contribution in [3.05, 3.63) is 54.1 Å². The first-order chi connectivity index (χ1) is 10.1. The molecule has 21 heavy (non-hydrogen) atoms. The lowest BCUT2D eigenvalue weighted by Gasteiger charge is -2.23. The van der Waals surface area contributed by atoms with Gasteiger partial charge in [0.25, 0.3) is 0 Å². The van der Waals surface area contributed by atoms with E-state index >= 15 is 0 Å². The number of aryl methyl sites for hydroxylation is 1.